The van der Waals surface area contributed by atoms with Crippen molar-refractivity contribution < 1.29 is 13.2 Å². The van der Waals surface area contributed by atoms with Gasteiger partial charge in [-0.15, -0.1) is 10.2 Å². The van der Waals surface area contributed by atoms with Gasteiger partial charge in [0.25, 0.3) is 0 Å². The molecule has 106 valence electrons. The first-order valence-corrected chi connectivity index (χ1v) is 5.83. The Morgan fingerprint density at radius 1 is 1.10 bits per heavy atom. The van der Waals surface area contributed by atoms with Crippen molar-refractivity contribution in [2.75, 3.05) is 17.7 Å². The van der Waals surface area contributed by atoms with E-state index < -0.39 is 11.9 Å². The second-order valence-electron chi connectivity index (χ2n) is 4.33. The van der Waals surface area contributed by atoms with E-state index in [1.165, 1.54) is 6.07 Å². The van der Waals surface area contributed by atoms with Crippen LogP contribution in [0.4, 0.5) is 24.7 Å². The smallest absolute Gasteiger partial charge is 0.398 e. The van der Waals surface area contributed by atoms with Gasteiger partial charge in [0.2, 0.25) is 0 Å². The zero-order valence-electron chi connectivity index (χ0n) is 10.7. The number of hydrogen-bond donors (Lipinski definition) is 1. The number of hydrogen-bond acceptors (Lipinski definition) is 4. The average Bonchev–Trinajstić information content (AvgIpc) is 2.40. The van der Waals surface area contributed by atoms with E-state index >= 15 is 0 Å². The van der Waals surface area contributed by atoms with Gasteiger partial charge in [-0.3, -0.25) is 0 Å². The number of halogens is 3. The minimum atomic E-state index is -4.48. The van der Waals surface area contributed by atoms with Crippen molar-refractivity contribution in [3.8, 4) is 0 Å². The molecule has 0 fully saturated rings. The minimum absolute atomic E-state index is 0.348. The van der Waals surface area contributed by atoms with Crippen LogP contribution in [0.5, 0.6) is 0 Å². The highest BCUT2D eigenvalue weighted by atomic mass is 19.4. The third-order valence-corrected chi connectivity index (χ3v) is 2.79. The van der Waals surface area contributed by atoms with E-state index in [1.807, 2.05) is 18.2 Å². The molecule has 4 nitrogen and oxygen atoms in total. The normalized spacial score (nSPS) is 11.4. The highest BCUT2D eigenvalue weighted by Crippen LogP contribution is 2.27. The lowest BCUT2D eigenvalue weighted by molar-refractivity contribution is -0.141. The molecule has 0 saturated heterocycles. The maximum Gasteiger partial charge on any atom is 0.435 e. The molecule has 0 aliphatic rings. The lowest BCUT2D eigenvalue weighted by Gasteiger charge is -2.19. The Hall–Kier alpha value is -2.31. The third-order valence-electron chi connectivity index (χ3n) is 2.79. The second kappa shape index (κ2) is 5.36. The molecule has 1 aromatic heterocycles. The Bertz CT molecular complexity index is 581. The molecule has 0 bridgehead atoms. The summed E-state index contributed by atoms with van der Waals surface area (Å²) in [4.78, 5) is 1.68. The Morgan fingerprint density at radius 2 is 1.80 bits per heavy atom. The van der Waals surface area contributed by atoms with Crippen molar-refractivity contribution in [2.45, 2.75) is 12.7 Å². The van der Waals surface area contributed by atoms with Crippen LogP contribution in [-0.2, 0) is 12.7 Å². The summed E-state index contributed by atoms with van der Waals surface area (Å²) in [5.41, 5.74) is 6.31. The predicted octanol–water partition coefficient (Wildman–Crippen LogP) is 2.71. The molecule has 1 heterocycles. The molecule has 0 amide bonds. The van der Waals surface area contributed by atoms with Crippen LogP contribution in [0.3, 0.4) is 0 Å². The van der Waals surface area contributed by atoms with Crippen LogP contribution in [0.2, 0.25) is 0 Å². The average molecular weight is 282 g/mol. The first kappa shape index (κ1) is 14.1. The van der Waals surface area contributed by atoms with Crippen LogP contribution >= 0.6 is 0 Å². The molecule has 0 aliphatic carbocycles. The van der Waals surface area contributed by atoms with Gasteiger partial charge in [0.1, 0.15) is 0 Å². The summed E-state index contributed by atoms with van der Waals surface area (Å²) in [5.74, 6) is 0.348. The summed E-state index contributed by atoms with van der Waals surface area (Å²) >= 11 is 0. The van der Waals surface area contributed by atoms with Gasteiger partial charge in [0.05, 0.1) is 0 Å². The molecule has 20 heavy (non-hydrogen) atoms. The van der Waals surface area contributed by atoms with E-state index in [0.29, 0.717) is 18.1 Å². The quantitative estimate of drug-likeness (QED) is 0.879. The van der Waals surface area contributed by atoms with E-state index in [-0.39, 0.29) is 0 Å². The summed E-state index contributed by atoms with van der Waals surface area (Å²) in [6.07, 6.45) is -4.48. The van der Waals surface area contributed by atoms with E-state index in [4.69, 9.17) is 5.73 Å². The maximum atomic E-state index is 12.4. The third kappa shape index (κ3) is 3.17. The molecular formula is C13H13F3N4. The largest absolute Gasteiger partial charge is 0.435 e. The monoisotopic (exact) mass is 282 g/mol. The van der Waals surface area contributed by atoms with Gasteiger partial charge in [-0.25, -0.2) is 0 Å². The molecule has 7 heteroatoms. The van der Waals surface area contributed by atoms with Gasteiger partial charge in [-0.1, -0.05) is 18.2 Å². The lowest BCUT2D eigenvalue weighted by Crippen LogP contribution is -2.20. The number of nitrogen functional groups attached to an aromatic ring is 1. The molecule has 0 saturated carbocycles. The fourth-order valence-electron chi connectivity index (χ4n) is 1.69. The van der Waals surface area contributed by atoms with Crippen molar-refractivity contribution in [1.82, 2.24) is 10.2 Å². The summed E-state index contributed by atoms with van der Waals surface area (Å²) in [6, 6.07) is 9.47. The molecule has 2 rings (SSSR count). The van der Waals surface area contributed by atoms with E-state index in [0.717, 1.165) is 11.6 Å². The molecule has 0 spiro atoms. The van der Waals surface area contributed by atoms with Crippen molar-refractivity contribution in [3.63, 3.8) is 0 Å². The first-order chi connectivity index (χ1) is 9.38. The zero-order valence-corrected chi connectivity index (χ0v) is 10.7. The van der Waals surface area contributed by atoms with Crippen molar-refractivity contribution in [3.05, 3.63) is 47.7 Å². The Morgan fingerprint density at radius 3 is 2.35 bits per heavy atom. The van der Waals surface area contributed by atoms with Crippen LogP contribution in [0.25, 0.3) is 0 Å². The fraction of sp³-hybridized carbons (Fsp3) is 0.231. The van der Waals surface area contributed by atoms with Gasteiger partial charge in [0, 0.05) is 19.3 Å². The summed E-state index contributed by atoms with van der Waals surface area (Å²) in [5, 5.41) is 6.77. The number of aromatic nitrogens is 2. The van der Waals surface area contributed by atoms with Gasteiger partial charge in [-0.2, -0.15) is 13.2 Å². The second-order valence-corrected chi connectivity index (χ2v) is 4.33. The highest BCUT2D eigenvalue weighted by Gasteiger charge is 2.32. The fourth-order valence-corrected chi connectivity index (χ4v) is 1.69. The molecule has 2 aromatic rings. The van der Waals surface area contributed by atoms with Crippen molar-refractivity contribution in [1.29, 1.82) is 0 Å². The topological polar surface area (TPSA) is 55.0 Å². The lowest BCUT2D eigenvalue weighted by atomic mass is 10.2. The van der Waals surface area contributed by atoms with Gasteiger partial charge in [0.15, 0.2) is 11.5 Å². The number of anilines is 2. The highest BCUT2D eigenvalue weighted by molar-refractivity contribution is 5.49. The number of nitrogens with two attached hydrogens (primary N) is 1. The predicted molar refractivity (Wildman–Crippen MR) is 70.0 cm³/mol. The standard InChI is InChI=1S/C13H13F3N4/c1-20(8-9-4-2-3-5-10(9)17)12-7-6-11(18-19-12)13(14,15)16/h2-7H,8,17H2,1H3. The van der Waals surface area contributed by atoms with Crippen LogP contribution in [0, 0.1) is 0 Å². The SMILES string of the molecule is CN(Cc1ccccc1N)c1ccc(C(F)(F)F)nn1. The summed E-state index contributed by atoms with van der Waals surface area (Å²) in [6.45, 7) is 0.437. The summed E-state index contributed by atoms with van der Waals surface area (Å²) in [7, 11) is 1.71. The Labute approximate surface area is 114 Å². The van der Waals surface area contributed by atoms with Gasteiger partial charge in [-0.05, 0) is 23.8 Å². The number of para-hydroxylation sites is 1. The molecule has 2 N–H and O–H groups in total. The van der Waals surface area contributed by atoms with E-state index in [1.54, 1.807) is 18.0 Å². The zero-order chi connectivity index (χ0) is 14.8. The molecular weight excluding hydrogens is 269 g/mol. The van der Waals surface area contributed by atoms with Gasteiger partial charge < -0.3 is 10.6 Å². The van der Waals surface area contributed by atoms with Crippen molar-refractivity contribution in [2.24, 2.45) is 0 Å². The molecule has 0 radical (unpaired) electrons. The summed E-state index contributed by atoms with van der Waals surface area (Å²) < 4.78 is 37.2. The molecule has 1 aromatic carbocycles. The number of nitrogens with zero attached hydrogens (tertiary/aromatic N) is 3. The molecule has 0 unspecified atom stereocenters. The number of alkyl halides is 3. The molecule has 0 atom stereocenters. The Balaban J connectivity index is 2.14. The van der Waals surface area contributed by atoms with Crippen LogP contribution in [0.1, 0.15) is 11.3 Å². The Kier molecular flexibility index (Phi) is 3.78. The number of rotatable bonds is 3. The first-order valence-electron chi connectivity index (χ1n) is 5.83. The van der Waals surface area contributed by atoms with E-state index in [2.05, 4.69) is 10.2 Å². The molecule has 0 aliphatic heterocycles. The van der Waals surface area contributed by atoms with Crippen LogP contribution < -0.4 is 10.6 Å². The number of benzene rings is 1. The van der Waals surface area contributed by atoms with Crippen LogP contribution in [-0.4, -0.2) is 17.2 Å². The van der Waals surface area contributed by atoms with Crippen LogP contribution in [0.15, 0.2) is 36.4 Å². The minimum Gasteiger partial charge on any atom is -0.398 e. The van der Waals surface area contributed by atoms with Crippen molar-refractivity contribution >= 4 is 11.5 Å². The maximum absolute atomic E-state index is 12.4. The van der Waals surface area contributed by atoms with Gasteiger partial charge >= 0.3 is 6.18 Å². The van der Waals surface area contributed by atoms with E-state index in [9.17, 15) is 13.2 Å².